The van der Waals surface area contributed by atoms with E-state index in [-0.39, 0.29) is 25.7 Å². The second-order valence-electron chi connectivity index (χ2n) is 25.9. The zero-order valence-corrected chi connectivity index (χ0v) is 63.7. The number of carbonyl (C=O) groups excluding carboxylic acids is 4. The average Bonchev–Trinajstić information content (AvgIpc) is 1.05. The SMILES string of the molecule is CC/C=C\C/C=C\C/C=C\C/C=C\CCCCCCC(=O)OCC(COP(=O)(O)OCC(O)COP(=O)(O)OCC(COC(=O)CCCCCCC/C=C\CCCCCC)OC(=O)CCCCCCC/C=C\CCCCCC)OC(=O)CCCCCCC/C=C\CCCCCCCC. The summed E-state index contributed by atoms with van der Waals surface area (Å²) in [6, 6.07) is 0. The van der Waals surface area contributed by atoms with E-state index in [1.165, 1.54) is 89.9 Å². The monoisotopic (exact) mass is 1420 g/mol. The molecule has 0 rings (SSSR count). The number of rotatable bonds is 73. The summed E-state index contributed by atoms with van der Waals surface area (Å²) in [5, 5.41) is 10.6. The minimum absolute atomic E-state index is 0.0804. The first-order valence-electron chi connectivity index (χ1n) is 38.8. The van der Waals surface area contributed by atoms with Crippen LogP contribution in [0.15, 0.2) is 85.1 Å². The molecule has 0 amide bonds. The molecule has 0 aliphatic heterocycles. The second-order valence-corrected chi connectivity index (χ2v) is 28.8. The van der Waals surface area contributed by atoms with Crippen LogP contribution in [0.25, 0.3) is 0 Å². The van der Waals surface area contributed by atoms with Crippen molar-refractivity contribution in [3.05, 3.63) is 85.1 Å². The maximum absolute atomic E-state index is 13.1. The van der Waals surface area contributed by atoms with Crippen molar-refractivity contribution in [1.29, 1.82) is 0 Å². The van der Waals surface area contributed by atoms with Gasteiger partial charge in [-0.3, -0.25) is 37.3 Å². The van der Waals surface area contributed by atoms with Gasteiger partial charge in [0.05, 0.1) is 26.4 Å². The third-order valence-corrected chi connectivity index (χ3v) is 18.2. The topological polar surface area (TPSA) is 237 Å². The Hall–Kier alpha value is -3.76. The fourth-order valence-electron chi connectivity index (χ4n) is 10.4. The molecular formula is C79H140O17P2. The lowest BCUT2D eigenvalue weighted by atomic mass is 10.1. The largest absolute Gasteiger partial charge is 0.472 e. The van der Waals surface area contributed by atoms with Crippen molar-refractivity contribution < 1.29 is 80.2 Å². The quantitative estimate of drug-likeness (QED) is 0.0169. The number of aliphatic hydroxyl groups excluding tert-OH is 1. The number of carbonyl (C=O) groups is 4. The highest BCUT2D eigenvalue weighted by atomic mass is 31.2. The number of hydrogen-bond donors (Lipinski definition) is 3. The van der Waals surface area contributed by atoms with Gasteiger partial charge in [0.25, 0.3) is 0 Å². The molecule has 19 heteroatoms. The molecule has 0 aliphatic carbocycles. The van der Waals surface area contributed by atoms with Gasteiger partial charge in [-0.15, -0.1) is 0 Å². The molecule has 0 fully saturated rings. The Labute approximate surface area is 595 Å². The molecule has 3 N–H and O–H groups in total. The molecule has 0 aromatic heterocycles. The first kappa shape index (κ1) is 94.2. The number of aliphatic hydroxyl groups is 1. The molecule has 0 bridgehead atoms. The first-order chi connectivity index (χ1) is 47.7. The summed E-state index contributed by atoms with van der Waals surface area (Å²) in [5.41, 5.74) is 0. The molecule has 5 atom stereocenters. The standard InChI is InChI=1S/C79H140O17P2/c1-5-9-13-17-21-25-29-33-35-36-38-41-44-48-52-56-60-64-77(82)90-70-75(96-79(84)66-62-58-54-50-46-42-37-34-30-26-22-18-14-10-6-2)72-94-98(87,88)92-68-73(80)67-91-97(85,86)93-71-74(95-78(83)65-61-57-53-49-45-40-32-28-24-20-16-12-8-4)69-89-76(81)63-59-55-51-47-43-39-31-27-23-19-15-11-7-3/h9,13,21,25,27-28,31-35,37-38,41,73-75,80H,5-8,10-12,14-20,22-24,26,29-30,36,39-40,42-72H2,1-4H3,(H,85,86)(H,87,88)/b13-9-,25-21-,31-27-,32-28-,35-33-,37-34-,41-38-. The highest BCUT2D eigenvalue weighted by Crippen LogP contribution is 2.45. The van der Waals surface area contributed by atoms with Crippen LogP contribution in [0.5, 0.6) is 0 Å². The molecular weight excluding hydrogens is 1280 g/mol. The van der Waals surface area contributed by atoms with Gasteiger partial charge in [-0.1, -0.05) is 254 Å². The highest BCUT2D eigenvalue weighted by Gasteiger charge is 2.30. The summed E-state index contributed by atoms with van der Waals surface area (Å²) in [4.78, 5) is 72.9. The van der Waals surface area contributed by atoms with Crippen LogP contribution < -0.4 is 0 Å². The maximum Gasteiger partial charge on any atom is 0.472 e. The third-order valence-electron chi connectivity index (χ3n) is 16.3. The van der Waals surface area contributed by atoms with Crippen LogP contribution in [0.1, 0.15) is 336 Å². The Bertz CT molecular complexity index is 2190. The van der Waals surface area contributed by atoms with Gasteiger partial charge in [0.2, 0.25) is 0 Å². The maximum atomic E-state index is 13.1. The van der Waals surface area contributed by atoms with Crippen LogP contribution in [0.2, 0.25) is 0 Å². The van der Waals surface area contributed by atoms with Crippen LogP contribution in [-0.2, 0) is 65.4 Å². The van der Waals surface area contributed by atoms with Gasteiger partial charge < -0.3 is 33.8 Å². The van der Waals surface area contributed by atoms with Crippen LogP contribution in [0.4, 0.5) is 0 Å². The molecule has 5 unspecified atom stereocenters. The lowest BCUT2D eigenvalue weighted by Crippen LogP contribution is -2.30. The highest BCUT2D eigenvalue weighted by molar-refractivity contribution is 7.47. The second kappa shape index (κ2) is 71.6. The molecule has 0 aromatic rings. The molecule has 17 nitrogen and oxygen atoms in total. The van der Waals surface area contributed by atoms with Crippen LogP contribution in [-0.4, -0.2) is 96.7 Å². The minimum atomic E-state index is -4.98. The van der Waals surface area contributed by atoms with Crippen LogP contribution in [0.3, 0.4) is 0 Å². The molecule has 568 valence electrons. The van der Waals surface area contributed by atoms with E-state index in [4.69, 9.17) is 37.0 Å². The Balaban J connectivity index is 5.37. The number of phosphoric ester groups is 2. The van der Waals surface area contributed by atoms with Crippen molar-refractivity contribution in [3.8, 4) is 0 Å². The normalized spacial score (nSPS) is 14.4. The van der Waals surface area contributed by atoms with E-state index in [1.54, 1.807) is 0 Å². The first-order valence-corrected chi connectivity index (χ1v) is 41.8. The number of esters is 4. The number of phosphoric acid groups is 2. The van der Waals surface area contributed by atoms with E-state index in [0.29, 0.717) is 25.7 Å². The molecule has 0 saturated heterocycles. The van der Waals surface area contributed by atoms with E-state index in [1.807, 2.05) is 0 Å². The van der Waals surface area contributed by atoms with Gasteiger partial charge in [0, 0.05) is 25.7 Å². The van der Waals surface area contributed by atoms with Crippen LogP contribution in [0, 0.1) is 0 Å². The number of allylic oxidation sites excluding steroid dienone is 14. The predicted octanol–water partition coefficient (Wildman–Crippen LogP) is 22.2. The average molecular weight is 1420 g/mol. The summed E-state index contributed by atoms with van der Waals surface area (Å²) in [7, 11) is -9.95. The molecule has 0 heterocycles. The van der Waals surface area contributed by atoms with E-state index < -0.39 is 97.5 Å². The summed E-state index contributed by atoms with van der Waals surface area (Å²) in [6.07, 6.45) is 72.8. The van der Waals surface area contributed by atoms with Gasteiger partial charge in [0.1, 0.15) is 19.3 Å². The fourth-order valence-corrected chi connectivity index (χ4v) is 12.0. The fraction of sp³-hybridized carbons (Fsp3) is 0.772. The van der Waals surface area contributed by atoms with Gasteiger partial charge in [-0.25, -0.2) is 9.13 Å². The lowest BCUT2D eigenvalue weighted by molar-refractivity contribution is -0.161. The van der Waals surface area contributed by atoms with Crippen LogP contribution >= 0.6 is 15.6 Å². The minimum Gasteiger partial charge on any atom is -0.462 e. The van der Waals surface area contributed by atoms with E-state index in [0.717, 1.165) is 167 Å². The van der Waals surface area contributed by atoms with Gasteiger partial charge in [-0.05, 0) is 141 Å². The van der Waals surface area contributed by atoms with Crippen molar-refractivity contribution in [2.75, 3.05) is 39.6 Å². The molecule has 0 spiro atoms. The molecule has 0 aliphatic rings. The van der Waals surface area contributed by atoms with Crippen molar-refractivity contribution in [2.45, 2.75) is 354 Å². The zero-order chi connectivity index (χ0) is 71.8. The van der Waals surface area contributed by atoms with E-state index >= 15 is 0 Å². The number of ether oxygens (including phenoxy) is 4. The van der Waals surface area contributed by atoms with E-state index in [9.17, 15) is 43.2 Å². The Morgan fingerprint density at radius 3 is 0.837 bits per heavy atom. The van der Waals surface area contributed by atoms with Gasteiger partial charge >= 0.3 is 39.5 Å². The number of hydrogen-bond acceptors (Lipinski definition) is 15. The Kier molecular flexibility index (Phi) is 68.9. The van der Waals surface area contributed by atoms with Crippen molar-refractivity contribution in [2.24, 2.45) is 0 Å². The molecule has 0 saturated carbocycles. The smallest absolute Gasteiger partial charge is 0.462 e. The summed E-state index contributed by atoms with van der Waals surface area (Å²) < 4.78 is 68.5. The van der Waals surface area contributed by atoms with Crippen molar-refractivity contribution in [1.82, 2.24) is 0 Å². The zero-order valence-electron chi connectivity index (χ0n) is 62.0. The molecule has 0 aromatic carbocycles. The third kappa shape index (κ3) is 70.7. The summed E-state index contributed by atoms with van der Waals surface area (Å²) in [6.45, 7) is 4.70. The Morgan fingerprint density at radius 2 is 0.531 bits per heavy atom. The van der Waals surface area contributed by atoms with Crippen molar-refractivity contribution in [3.63, 3.8) is 0 Å². The van der Waals surface area contributed by atoms with Crippen molar-refractivity contribution >= 4 is 39.5 Å². The van der Waals surface area contributed by atoms with Gasteiger partial charge in [0.15, 0.2) is 12.2 Å². The van der Waals surface area contributed by atoms with E-state index in [2.05, 4.69) is 113 Å². The molecule has 98 heavy (non-hydrogen) atoms. The predicted molar refractivity (Wildman–Crippen MR) is 399 cm³/mol. The summed E-state index contributed by atoms with van der Waals surface area (Å²) in [5.74, 6) is -2.21. The summed E-state index contributed by atoms with van der Waals surface area (Å²) >= 11 is 0. The lowest BCUT2D eigenvalue weighted by Gasteiger charge is -2.21. The number of unbranched alkanes of at least 4 members (excludes halogenated alkanes) is 33. The molecule has 0 radical (unpaired) electrons. The Morgan fingerprint density at radius 1 is 0.296 bits per heavy atom. The van der Waals surface area contributed by atoms with Gasteiger partial charge in [-0.2, -0.15) is 0 Å².